The second kappa shape index (κ2) is 6.77. The van der Waals surface area contributed by atoms with Crippen molar-refractivity contribution in [2.45, 2.75) is 39.2 Å². The summed E-state index contributed by atoms with van der Waals surface area (Å²) in [5, 5.41) is 8.67. The molecule has 0 saturated carbocycles. The molecule has 3 N–H and O–H groups in total. The van der Waals surface area contributed by atoms with Crippen LogP contribution in [0.1, 0.15) is 32.3 Å². The van der Waals surface area contributed by atoms with E-state index in [0.29, 0.717) is 24.5 Å². The molecule has 0 heterocycles. The van der Waals surface area contributed by atoms with E-state index >= 15 is 0 Å². The molecule has 0 saturated heterocycles. The van der Waals surface area contributed by atoms with Gasteiger partial charge in [-0.2, -0.15) is 0 Å². The first-order chi connectivity index (χ1) is 7.97. The molecule has 0 fully saturated rings. The molecule has 3 heteroatoms. The summed E-state index contributed by atoms with van der Waals surface area (Å²) in [7, 11) is 0. The lowest BCUT2D eigenvalue weighted by molar-refractivity contribution is 0.503. The minimum atomic E-state index is 0.106. The predicted octanol–water partition coefficient (Wildman–Crippen LogP) is 3.67. The van der Waals surface area contributed by atoms with E-state index in [9.17, 15) is 0 Å². The van der Waals surface area contributed by atoms with Crippen molar-refractivity contribution in [3.05, 3.63) is 34.9 Å². The fourth-order valence-electron chi connectivity index (χ4n) is 1.93. The average Bonchev–Trinajstić information content (AvgIpc) is 2.19. The Kier molecular flexibility index (Phi) is 5.66. The van der Waals surface area contributed by atoms with E-state index in [2.05, 4.69) is 13.8 Å². The largest absolute Gasteiger partial charge is 0.327 e. The Hall–Kier alpha value is -0.860. The van der Waals surface area contributed by atoms with Crippen LogP contribution >= 0.6 is 11.6 Å². The predicted molar refractivity (Wildman–Crippen MR) is 74.9 cm³/mol. The lowest BCUT2D eigenvalue weighted by atomic mass is 9.97. The zero-order valence-electron chi connectivity index (χ0n) is 10.5. The van der Waals surface area contributed by atoms with Crippen molar-refractivity contribution in [3.63, 3.8) is 0 Å². The zero-order valence-corrected chi connectivity index (χ0v) is 11.3. The second-order valence-corrected chi connectivity index (χ2v) is 5.44. The highest BCUT2D eigenvalue weighted by molar-refractivity contribution is 6.30. The molecule has 1 aromatic rings. The van der Waals surface area contributed by atoms with Crippen LogP contribution in [0.2, 0.25) is 5.02 Å². The standard InChI is InChI=1S/C14H21ClN2/c1-10(2)7-13(16)9-14(17)8-11-3-5-12(15)6-4-11/h3-6,10,13,17H,7-9,16H2,1-2H3. The number of benzene rings is 1. The van der Waals surface area contributed by atoms with Crippen LogP contribution in [0.25, 0.3) is 0 Å². The summed E-state index contributed by atoms with van der Waals surface area (Å²) in [4.78, 5) is 0. The third-order valence-corrected chi connectivity index (χ3v) is 2.87. The Morgan fingerprint density at radius 3 is 2.41 bits per heavy atom. The average molecular weight is 253 g/mol. The lowest BCUT2D eigenvalue weighted by Crippen LogP contribution is -2.25. The monoisotopic (exact) mass is 252 g/mol. The summed E-state index contributed by atoms with van der Waals surface area (Å²) in [6, 6.07) is 7.75. The minimum Gasteiger partial charge on any atom is -0.327 e. The van der Waals surface area contributed by atoms with Gasteiger partial charge in [0.15, 0.2) is 0 Å². The van der Waals surface area contributed by atoms with Crippen molar-refractivity contribution in [2.75, 3.05) is 0 Å². The maximum atomic E-state index is 7.94. The number of nitrogens with one attached hydrogen (secondary N) is 1. The van der Waals surface area contributed by atoms with Crippen molar-refractivity contribution in [2.24, 2.45) is 11.7 Å². The highest BCUT2D eigenvalue weighted by Crippen LogP contribution is 2.12. The number of hydrogen-bond donors (Lipinski definition) is 2. The Labute approximate surface area is 109 Å². The molecule has 0 radical (unpaired) electrons. The molecule has 1 atom stereocenters. The summed E-state index contributed by atoms with van der Waals surface area (Å²) < 4.78 is 0. The Balaban J connectivity index is 2.41. The molecule has 2 nitrogen and oxygen atoms in total. The van der Waals surface area contributed by atoms with E-state index in [-0.39, 0.29) is 6.04 Å². The molecule has 0 bridgehead atoms. The molecule has 1 aromatic carbocycles. The summed E-state index contributed by atoms with van der Waals surface area (Å²) in [5.74, 6) is 0.591. The molecule has 0 aliphatic heterocycles. The van der Waals surface area contributed by atoms with Crippen LogP contribution in [0, 0.1) is 11.3 Å². The Morgan fingerprint density at radius 2 is 1.88 bits per heavy atom. The van der Waals surface area contributed by atoms with Crippen LogP contribution in [0.3, 0.4) is 0 Å². The van der Waals surface area contributed by atoms with Gasteiger partial charge in [-0.25, -0.2) is 0 Å². The van der Waals surface area contributed by atoms with Gasteiger partial charge in [-0.3, -0.25) is 0 Å². The van der Waals surface area contributed by atoms with Gasteiger partial charge in [0.1, 0.15) is 0 Å². The van der Waals surface area contributed by atoms with Crippen LogP contribution in [-0.2, 0) is 6.42 Å². The van der Waals surface area contributed by atoms with E-state index in [1.54, 1.807) is 0 Å². The van der Waals surface area contributed by atoms with Crippen LogP contribution in [0.15, 0.2) is 24.3 Å². The van der Waals surface area contributed by atoms with Crippen molar-refractivity contribution in [3.8, 4) is 0 Å². The number of rotatable bonds is 6. The zero-order chi connectivity index (χ0) is 12.8. The quantitative estimate of drug-likeness (QED) is 0.746. The first-order valence-corrected chi connectivity index (χ1v) is 6.41. The van der Waals surface area contributed by atoms with E-state index in [1.165, 1.54) is 0 Å². The molecule has 0 spiro atoms. The summed E-state index contributed by atoms with van der Waals surface area (Å²) >= 11 is 5.82. The molecular weight excluding hydrogens is 232 g/mol. The van der Waals surface area contributed by atoms with E-state index in [0.717, 1.165) is 17.0 Å². The van der Waals surface area contributed by atoms with Gasteiger partial charge in [0.2, 0.25) is 0 Å². The van der Waals surface area contributed by atoms with Gasteiger partial charge in [-0.05, 0) is 30.0 Å². The number of hydrogen-bond acceptors (Lipinski definition) is 2. The molecule has 17 heavy (non-hydrogen) atoms. The summed E-state index contributed by atoms with van der Waals surface area (Å²) in [5.41, 5.74) is 7.81. The summed E-state index contributed by atoms with van der Waals surface area (Å²) in [6.45, 7) is 4.31. The topological polar surface area (TPSA) is 49.9 Å². The van der Waals surface area contributed by atoms with Crippen molar-refractivity contribution >= 4 is 17.3 Å². The van der Waals surface area contributed by atoms with Crippen LogP contribution in [-0.4, -0.2) is 11.8 Å². The van der Waals surface area contributed by atoms with Crippen LogP contribution in [0.5, 0.6) is 0 Å². The highest BCUT2D eigenvalue weighted by atomic mass is 35.5. The first kappa shape index (κ1) is 14.2. The first-order valence-electron chi connectivity index (χ1n) is 6.03. The molecule has 0 amide bonds. The lowest BCUT2D eigenvalue weighted by Gasteiger charge is -2.14. The maximum Gasteiger partial charge on any atom is 0.0406 e. The van der Waals surface area contributed by atoms with Crippen LogP contribution in [0.4, 0.5) is 0 Å². The molecule has 0 aliphatic carbocycles. The van der Waals surface area contributed by atoms with Crippen molar-refractivity contribution in [1.82, 2.24) is 0 Å². The molecule has 1 rings (SSSR count). The van der Waals surface area contributed by atoms with Gasteiger partial charge in [-0.1, -0.05) is 37.6 Å². The van der Waals surface area contributed by atoms with Gasteiger partial charge in [0.25, 0.3) is 0 Å². The number of halogens is 1. The van der Waals surface area contributed by atoms with Gasteiger partial charge in [0, 0.05) is 29.6 Å². The molecule has 0 aromatic heterocycles. The van der Waals surface area contributed by atoms with E-state index in [1.807, 2.05) is 24.3 Å². The highest BCUT2D eigenvalue weighted by Gasteiger charge is 2.09. The minimum absolute atomic E-state index is 0.106. The third-order valence-electron chi connectivity index (χ3n) is 2.61. The van der Waals surface area contributed by atoms with Gasteiger partial charge in [0.05, 0.1) is 0 Å². The Bertz CT molecular complexity index is 357. The fraction of sp³-hybridized carbons (Fsp3) is 0.500. The SMILES string of the molecule is CC(C)CC(N)CC(=N)Cc1ccc(Cl)cc1. The fourth-order valence-corrected chi connectivity index (χ4v) is 2.05. The van der Waals surface area contributed by atoms with Crippen LogP contribution < -0.4 is 5.73 Å². The van der Waals surface area contributed by atoms with E-state index < -0.39 is 0 Å². The second-order valence-electron chi connectivity index (χ2n) is 5.00. The number of nitrogens with two attached hydrogens (primary N) is 1. The molecule has 0 aliphatic rings. The van der Waals surface area contributed by atoms with Gasteiger partial charge < -0.3 is 11.1 Å². The maximum absolute atomic E-state index is 7.94. The third kappa shape index (κ3) is 5.85. The smallest absolute Gasteiger partial charge is 0.0406 e. The van der Waals surface area contributed by atoms with E-state index in [4.69, 9.17) is 22.7 Å². The van der Waals surface area contributed by atoms with Crippen molar-refractivity contribution < 1.29 is 0 Å². The molecular formula is C14H21ClN2. The van der Waals surface area contributed by atoms with Crippen molar-refractivity contribution in [1.29, 1.82) is 5.41 Å². The molecule has 1 unspecified atom stereocenters. The Morgan fingerprint density at radius 1 is 1.29 bits per heavy atom. The molecule has 94 valence electrons. The van der Waals surface area contributed by atoms with Gasteiger partial charge >= 0.3 is 0 Å². The van der Waals surface area contributed by atoms with Gasteiger partial charge in [-0.15, -0.1) is 0 Å². The summed E-state index contributed by atoms with van der Waals surface area (Å²) in [6.07, 6.45) is 2.33. The normalized spacial score (nSPS) is 12.8.